The highest BCUT2D eigenvalue weighted by Crippen LogP contribution is 2.32. The van der Waals surface area contributed by atoms with Crippen LogP contribution < -0.4 is 18.9 Å². The van der Waals surface area contributed by atoms with E-state index in [9.17, 15) is 4.79 Å². The molecular weight excluding hydrogens is 398 g/mol. The number of ether oxygens (including phenoxy) is 5. The Labute approximate surface area is 182 Å². The summed E-state index contributed by atoms with van der Waals surface area (Å²) in [6.45, 7) is 8.68. The van der Waals surface area contributed by atoms with Crippen molar-refractivity contribution in [1.29, 1.82) is 0 Å². The van der Waals surface area contributed by atoms with Gasteiger partial charge in [-0.25, -0.2) is 9.79 Å². The Balaban J connectivity index is 1.89. The summed E-state index contributed by atoms with van der Waals surface area (Å²) in [5, 5.41) is 0. The zero-order valence-electron chi connectivity index (χ0n) is 18.4. The van der Waals surface area contributed by atoms with Gasteiger partial charge in [0.05, 0.1) is 26.4 Å². The van der Waals surface area contributed by atoms with Gasteiger partial charge in [0.2, 0.25) is 5.90 Å². The lowest BCUT2D eigenvalue weighted by Crippen LogP contribution is -2.07. The molecule has 0 unspecified atom stereocenters. The Hall–Kier alpha value is -3.48. The molecule has 0 atom stereocenters. The molecule has 0 saturated heterocycles. The molecule has 2 aromatic rings. The standard InChI is InChI=1S/C24H27NO6/c1-6-28-19-11-9-17(14-22(19)29-7-2)23-25-18(24(26)31-23)12-16-8-10-20(30-15(3)4)21(13-16)27-5/h8-15H,6-7H2,1-5H3/b18-12-. The van der Waals surface area contributed by atoms with Crippen molar-refractivity contribution in [1.82, 2.24) is 0 Å². The summed E-state index contributed by atoms with van der Waals surface area (Å²) in [6, 6.07) is 10.7. The molecule has 0 spiro atoms. The lowest BCUT2D eigenvalue weighted by atomic mass is 10.1. The maximum atomic E-state index is 12.4. The van der Waals surface area contributed by atoms with Crippen molar-refractivity contribution in [2.45, 2.75) is 33.8 Å². The van der Waals surface area contributed by atoms with E-state index < -0.39 is 5.97 Å². The average molecular weight is 425 g/mol. The van der Waals surface area contributed by atoms with Gasteiger partial charge in [0.15, 0.2) is 28.7 Å². The molecule has 7 heteroatoms. The zero-order chi connectivity index (χ0) is 22.4. The minimum atomic E-state index is -0.525. The molecular formula is C24H27NO6. The number of rotatable bonds is 9. The van der Waals surface area contributed by atoms with Crippen LogP contribution in [-0.2, 0) is 9.53 Å². The molecule has 164 valence electrons. The average Bonchev–Trinajstić information content (AvgIpc) is 3.10. The third-order valence-electron chi connectivity index (χ3n) is 4.26. The third kappa shape index (κ3) is 5.36. The predicted molar refractivity (Wildman–Crippen MR) is 118 cm³/mol. The molecule has 7 nitrogen and oxygen atoms in total. The summed E-state index contributed by atoms with van der Waals surface area (Å²) in [5.41, 5.74) is 1.56. The molecule has 0 aliphatic carbocycles. The van der Waals surface area contributed by atoms with E-state index in [1.165, 1.54) is 0 Å². The molecule has 0 bridgehead atoms. The SMILES string of the molecule is CCOc1ccc(C2=N/C(=C\c3ccc(OC(C)C)c(OC)c3)C(=O)O2)cc1OCC. The predicted octanol–water partition coefficient (Wildman–Crippen LogP) is 4.62. The number of esters is 1. The number of carbonyl (C=O) groups is 1. The first-order valence-electron chi connectivity index (χ1n) is 10.2. The first-order chi connectivity index (χ1) is 14.9. The van der Waals surface area contributed by atoms with E-state index in [0.29, 0.717) is 41.8 Å². The summed E-state index contributed by atoms with van der Waals surface area (Å²) in [5.74, 6) is 2.10. The van der Waals surface area contributed by atoms with Crippen molar-refractivity contribution in [2.75, 3.05) is 20.3 Å². The van der Waals surface area contributed by atoms with Crippen molar-refractivity contribution in [3.63, 3.8) is 0 Å². The van der Waals surface area contributed by atoms with Crippen LogP contribution in [-0.4, -0.2) is 38.3 Å². The van der Waals surface area contributed by atoms with Gasteiger partial charge in [0, 0.05) is 5.56 Å². The van der Waals surface area contributed by atoms with Gasteiger partial charge in [-0.05, 0) is 69.7 Å². The number of hydrogen-bond acceptors (Lipinski definition) is 7. The van der Waals surface area contributed by atoms with Crippen LogP contribution in [0.15, 0.2) is 47.1 Å². The monoisotopic (exact) mass is 425 g/mol. The Morgan fingerprint density at radius 1 is 0.968 bits per heavy atom. The van der Waals surface area contributed by atoms with Gasteiger partial charge in [0.25, 0.3) is 0 Å². The van der Waals surface area contributed by atoms with E-state index in [0.717, 1.165) is 5.56 Å². The van der Waals surface area contributed by atoms with Gasteiger partial charge in [-0.1, -0.05) is 6.07 Å². The molecule has 31 heavy (non-hydrogen) atoms. The lowest BCUT2D eigenvalue weighted by molar-refractivity contribution is -0.129. The van der Waals surface area contributed by atoms with Crippen molar-refractivity contribution < 1.29 is 28.5 Å². The first-order valence-corrected chi connectivity index (χ1v) is 10.2. The topological polar surface area (TPSA) is 75.6 Å². The number of aliphatic imine (C=N–C) groups is 1. The minimum Gasteiger partial charge on any atom is -0.493 e. The number of nitrogens with zero attached hydrogens (tertiary/aromatic N) is 1. The first kappa shape index (κ1) is 22.2. The van der Waals surface area contributed by atoms with Gasteiger partial charge in [-0.15, -0.1) is 0 Å². The minimum absolute atomic E-state index is 0.0192. The molecule has 0 fully saturated rings. The number of methoxy groups -OCH3 is 1. The molecule has 1 aliphatic heterocycles. The number of carbonyl (C=O) groups excluding carboxylic acids is 1. The van der Waals surface area contributed by atoms with Crippen LogP contribution in [0.25, 0.3) is 6.08 Å². The summed E-state index contributed by atoms with van der Waals surface area (Å²) in [6.07, 6.45) is 1.67. The van der Waals surface area contributed by atoms with Crippen LogP contribution in [0.4, 0.5) is 0 Å². The highest BCUT2D eigenvalue weighted by atomic mass is 16.6. The highest BCUT2D eigenvalue weighted by Gasteiger charge is 2.25. The number of hydrogen-bond donors (Lipinski definition) is 0. The van der Waals surface area contributed by atoms with E-state index in [-0.39, 0.29) is 17.7 Å². The van der Waals surface area contributed by atoms with E-state index in [1.807, 2.05) is 33.8 Å². The van der Waals surface area contributed by atoms with Crippen LogP contribution in [0.3, 0.4) is 0 Å². The smallest absolute Gasteiger partial charge is 0.363 e. The summed E-state index contributed by atoms with van der Waals surface area (Å²) in [4.78, 5) is 16.8. The summed E-state index contributed by atoms with van der Waals surface area (Å²) >= 11 is 0. The summed E-state index contributed by atoms with van der Waals surface area (Å²) < 4.78 is 27.7. The summed E-state index contributed by atoms with van der Waals surface area (Å²) in [7, 11) is 1.57. The zero-order valence-corrected chi connectivity index (χ0v) is 18.4. The molecule has 2 aromatic carbocycles. The van der Waals surface area contributed by atoms with Crippen LogP contribution in [0.5, 0.6) is 23.0 Å². The van der Waals surface area contributed by atoms with E-state index in [1.54, 1.807) is 43.5 Å². The molecule has 1 heterocycles. The molecule has 3 rings (SSSR count). The van der Waals surface area contributed by atoms with E-state index in [2.05, 4.69) is 4.99 Å². The largest absolute Gasteiger partial charge is 0.493 e. The Kier molecular flexibility index (Phi) is 7.18. The lowest BCUT2D eigenvalue weighted by Gasteiger charge is -2.13. The number of benzene rings is 2. The molecule has 0 aromatic heterocycles. The third-order valence-corrected chi connectivity index (χ3v) is 4.26. The maximum absolute atomic E-state index is 12.4. The van der Waals surface area contributed by atoms with Gasteiger partial charge < -0.3 is 23.7 Å². The maximum Gasteiger partial charge on any atom is 0.363 e. The second kappa shape index (κ2) is 10.0. The van der Waals surface area contributed by atoms with Crippen LogP contribution in [0, 0.1) is 0 Å². The Bertz CT molecular complexity index is 1010. The fourth-order valence-corrected chi connectivity index (χ4v) is 3.00. The van der Waals surface area contributed by atoms with Crippen molar-refractivity contribution in [3.05, 3.63) is 53.2 Å². The van der Waals surface area contributed by atoms with Crippen LogP contribution >= 0.6 is 0 Å². The Morgan fingerprint density at radius 2 is 1.68 bits per heavy atom. The number of cyclic esters (lactones) is 1. The molecule has 0 saturated carbocycles. The molecule has 0 radical (unpaired) electrons. The normalized spacial score (nSPS) is 14.5. The van der Waals surface area contributed by atoms with Gasteiger partial charge in [-0.2, -0.15) is 0 Å². The van der Waals surface area contributed by atoms with Crippen molar-refractivity contribution in [3.8, 4) is 23.0 Å². The van der Waals surface area contributed by atoms with E-state index in [4.69, 9.17) is 23.7 Å². The second-order valence-electron chi connectivity index (χ2n) is 6.94. The molecule has 0 amide bonds. The fourth-order valence-electron chi connectivity index (χ4n) is 3.00. The molecule has 0 N–H and O–H groups in total. The van der Waals surface area contributed by atoms with Crippen LogP contribution in [0.1, 0.15) is 38.8 Å². The van der Waals surface area contributed by atoms with Crippen molar-refractivity contribution in [2.24, 2.45) is 4.99 Å². The second-order valence-corrected chi connectivity index (χ2v) is 6.94. The van der Waals surface area contributed by atoms with Crippen LogP contribution in [0.2, 0.25) is 0 Å². The van der Waals surface area contributed by atoms with Gasteiger partial charge in [0.1, 0.15) is 0 Å². The fraction of sp³-hybridized carbons (Fsp3) is 0.333. The quantitative estimate of drug-likeness (QED) is 0.431. The van der Waals surface area contributed by atoms with E-state index >= 15 is 0 Å². The Morgan fingerprint density at radius 3 is 2.35 bits per heavy atom. The van der Waals surface area contributed by atoms with Crippen molar-refractivity contribution >= 4 is 17.9 Å². The van der Waals surface area contributed by atoms with Gasteiger partial charge in [-0.3, -0.25) is 0 Å². The van der Waals surface area contributed by atoms with Gasteiger partial charge >= 0.3 is 5.97 Å². The molecule has 1 aliphatic rings. The highest BCUT2D eigenvalue weighted by molar-refractivity contribution is 6.13.